The first-order valence-electron chi connectivity index (χ1n) is 6.38. The molecule has 0 bridgehead atoms. The lowest BCUT2D eigenvalue weighted by atomic mass is 10.1. The lowest BCUT2D eigenvalue weighted by Gasteiger charge is -2.08. The second-order valence-corrected chi connectivity index (χ2v) is 4.64. The standard InChI is InChI=1S/C15H12FN3O2/c16-12-2-1-3-14(19(20)21)15(12)18-9-10-4-5-13-11(8-10)6-7-17-13/h1-8,17-18H,9H2. The van der Waals surface area contributed by atoms with Gasteiger partial charge in [-0.2, -0.15) is 0 Å². The van der Waals surface area contributed by atoms with Crippen molar-refractivity contribution in [3.8, 4) is 0 Å². The Hall–Kier alpha value is -2.89. The van der Waals surface area contributed by atoms with Crippen molar-refractivity contribution in [2.75, 3.05) is 5.32 Å². The maximum Gasteiger partial charge on any atom is 0.295 e. The number of nitrogens with zero attached hydrogens (tertiary/aromatic N) is 1. The maximum atomic E-state index is 13.7. The molecule has 21 heavy (non-hydrogen) atoms. The molecule has 0 spiro atoms. The average Bonchev–Trinajstić information content (AvgIpc) is 2.93. The fourth-order valence-corrected chi connectivity index (χ4v) is 2.24. The molecule has 0 saturated carbocycles. The number of H-pyrrole nitrogens is 1. The number of fused-ring (bicyclic) bond motifs is 1. The molecular weight excluding hydrogens is 273 g/mol. The van der Waals surface area contributed by atoms with E-state index >= 15 is 0 Å². The molecule has 5 nitrogen and oxygen atoms in total. The summed E-state index contributed by atoms with van der Waals surface area (Å²) in [6, 6.07) is 11.5. The third-order valence-corrected chi connectivity index (χ3v) is 3.28. The fourth-order valence-electron chi connectivity index (χ4n) is 2.24. The largest absolute Gasteiger partial charge is 0.373 e. The van der Waals surface area contributed by atoms with Gasteiger partial charge in [-0.3, -0.25) is 10.1 Å². The van der Waals surface area contributed by atoms with Crippen molar-refractivity contribution < 1.29 is 9.31 Å². The second kappa shape index (κ2) is 5.24. The molecule has 0 radical (unpaired) electrons. The first kappa shape index (κ1) is 13.1. The van der Waals surface area contributed by atoms with Gasteiger partial charge < -0.3 is 10.3 Å². The van der Waals surface area contributed by atoms with Crippen LogP contribution in [0.4, 0.5) is 15.8 Å². The number of benzene rings is 2. The molecular formula is C15H12FN3O2. The van der Waals surface area contributed by atoms with Gasteiger partial charge in [0.15, 0.2) is 5.82 Å². The number of hydrogen-bond acceptors (Lipinski definition) is 3. The monoisotopic (exact) mass is 285 g/mol. The van der Waals surface area contributed by atoms with E-state index in [1.165, 1.54) is 18.2 Å². The van der Waals surface area contributed by atoms with Crippen LogP contribution >= 0.6 is 0 Å². The first-order valence-corrected chi connectivity index (χ1v) is 6.38. The number of aromatic amines is 1. The van der Waals surface area contributed by atoms with Gasteiger partial charge >= 0.3 is 0 Å². The van der Waals surface area contributed by atoms with Crippen molar-refractivity contribution in [2.45, 2.75) is 6.54 Å². The Morgan fingerprint density at radius 2 is 2.10 bits per heavy atom. The molecule has 0 amide bonds. The number of nitro benzene ring substituents is 1. The molecule has 6 heteroatoms. The predicted molar refractivity (Wildman–Crippen MR) is 78.7 cm³/mol. The Morgan fingerprint density at radius 1 is 1.24 bits per heavy atom. The molecule has 3 aromatic rings. The molecule has 0 aliphatic rings. The number of hydrogen-bond donors (Lipinski definition) is 2. The van der Waals surface area contributed by atoms with Crippen molar-refractivity contribution >= 4 is 22.3 Å². The van der Waals surface area contributed by atoms with E-state index in [1.54, 1.807) is 0 Å². The highest BCUT2D eigenvalue weighted by Gasteiger charge is 2.17. The van der Waals surface area contributed by atoms with Crippen LogP contribution in [0.1, 0.15) is 5.56 Å². The summed E-state index contributed by atoms with van der Waals surface area (Å²) in [6.07, 6.45) is 1.84. The Balaban J connectivity index is 1.85. The summed E-state index contributed by atoms with van der Waals surface area (Å²) in [5, 5.41) is 14.8. The fraction of sp³-hybridized carbons (Fsp3) is 0.0667. The Labute approximate surface area is 119 Å². The minimum Gasteiger partial charge on any atom is -0.373 e. The van der Waals surface area contributed by atoms with Crippen LogP contribution in [0, 0.1) is 15.9 Å². The zero-order chi connectivity index (χ0) is 14.8. The third kappa shape index (κ3) is 2.55. The van der Waals surface area contributed by atoms with Gasteiger partial charge in [0.25, 0.3) is 5.69 Å². The number of nitro groups is 1. The van der Waals surface area contributed by atoms with E-state index in [9.17, 15) is 14.5 Å². The summed E-state index contributed by atoms with van der Waals surface area (Å²) in [7, 11) is 0. The number of nitrogens with one attached hydrogen (secondary N) is 2. The topological polar surface area (TPSA) is 71.0 Å². The molecule has 0 aliphatic heterocycles. The SMILES string of the molecule is O=[N+]([O-])c1cccc(F)c1NCc1ccc2[nH]ccc2c1. The molecule has 3 rings (SSSR count). The van der Waals surface area contributed by atoms with E-state index in [0.29, 0.717) is 6.54 Å². The van der Waals surface area contributed by atoms with Crippen molar-refractivity contribution in [3.63, 3.8) is 0 Å². The quantitative estimate of drug-likeness (QED) is 0.565. The van der Waals surface area contributed by atoms with Crippen LogP contribution in [-0.4, -0.2) is 9.91 Å². The van der Waals surface area contributed by atoms with Crippen LogP contribution in [0.5, 0.6) is 0 Å². The van der Waals surface area contributed by atoms with Crippen LogP contribution < -0.4 is 5.32 Å². The average molecular weight is 285 g/mol. The highest BCUT2D eigenvalue weighted by Crippen LogP contribution is 2.27. The highest BCUT2D eigenvalue weighted by molar-refractivity contribution is 5.80. The number of aromatic nitrogens is 1. The third-order valence-electron chi connectivity index (χ3n) is 3.28. The highest BCUT2D eigenvalue weighted by atomic mass is 19.1. The molecule has 0 unspecified atom stereocenters. The minimum atomic E-state index is -0.632. The van der Waals surface area contributed by atoms with Crippen molar-refractivity contribution in [1.82, 2.24) is 4.98 Å². The van der Waals surface area contributed by atoms with Crippen molar-refractivity contribution in [1.29, 1.82) is 0 Å². The lowest BCUT2D eigenvalue weighted by Crippen LogP contribution is -2.04. The number of anilines is 1. The van der Waals surface area contributed by atoms with E-state index in [-0.39, 0.29) is 11.4 Å². The molecule has 106 valence electrons. The first-order chi connectivity index (χ1) is 10.1. The Bertz CT molecular complexity index is 814. The summed E-state index contributed by atoms with van der Waals surface area (Å²) >= 11 is 0. The van der Waals surface area contributed by atoms with E-state index in [0.717, 1.165) is 16.5 Å². The van der Waals surface area contributed by atoms with Crippen LogP contribution in [-0.2, 0) is 6.54 Å². The Morgan fingerprint density at radius 3 is 2.90 bits per heavy atom. The molecule has 0 fully saturated rings. The zero-order valence-corrected chi connectivity index (χ0v) is 11.0. The molecule has 2 aromatic carbocycles. The van der Waals surface area contributed by atoms with E-state index in [2.05, 4.69) is 10.3 Å². The molecule has 1 aromatic heterocycles. The van der Waals surface area contributed by atoms with Gasteiger partial charge in [-0.25, -0.2) is 4.39 Å². The van der Waals surface area contributed by atoms with Gasteiger partial charge in [0.2, 0.25) is 0 Å². The van der Waals surface area contributed by atoms with E-state index in [4.69, 9.17) is 0 Å². The van der Waals surface area contributed by atoms with Crippen molar-refractivity contribution in [3.05, 3.63) is 70.2 Å². The molecule has 2 N–H and O–H groups in total. The van der Waals surface area contributed by atoms with Crippen molar-refractivity contribution in [2.24, 2.45) is 0 Å². The lowest BCUT2D eigenvalue weighted by molar-refractivity contribution is -0.384. The number of para-hydroxylation sites is 1. The summed E-state index contributed by atoms with van der Waals surface area (Å²) < 4.78 is 13.7. The molecule has 0 atom stereocenters. The van der Waals surface area contributed by atoms with Gasteiger partial charge in [-0.1, -0.05) is 12.1 Å². The number of rotatable bonds is 4. The van der Waals surface area contributed by atoms with Crippen LogP contribution in [0.3, 0.4) is 0 Å². The van der Waals surface area contributed by atoms with Gasteiger partial charge in [0.05, 0.1) is 4.92 Å². The Kier molecular flexibility index (Phi) is 3.27. The zero-order valence-electron chi connectivity index (χ0n) is 11.0. The van der Waals surface area contributed by atoms with Gasteiger partial charge in [0, 0.05) is 24.3 Å². The normalized spacial score (nSPS) is 10.7. The van der Waals surface area contributed by atoms with Gasteiger partial charge in [-0.15, -0.1) is 0 Å². The second-order valence-electron chi connectivity index (χ2n) is 4.64. The van der Waals surface area contributed by atoms with Gasteiger partial charge in [-0.05, 0) is 35.2 Å². The smallest absolute Gasteiger partial charge is 0.295 e. The summed E-state index contributed by atoms with van der Waals surface area (Å²) in [6.45, 7) is 0.308. The van der Waals surface area contributed by atoms with Gasteiger partial charge in [0.1, 0.15) is 5.69 Å². The van der Waals surface area contributed by atoms with Crippen LogP contribution in [0.25, 0.3) is 10.9 Å². The predicted octanol–water partition coefficient (Wildman–Crippen LogP) is 3.83. The molecule has 1 heterocycles. The molecule has 0 saturated heterocycles. The van der Waals surface area contributed by atoms with E-state index in [1.807, 2.05) is 30.5 Å². The molecule has 0 aliphatic carbocycles. The minimum absolute atomic E-state index is 0.0864. The number of halogens is 1. The summed E-state index contributed by atoms with van der Waals surface area (Å²) in [5.74, 6) is -0.632. The van der Waals surface area contributed by atoms with E-state index < -0.39 is 10.7 Å². The summed E-state index contributed by atoms with van der Waals surface area (Å²) in [5.41, 5.74) is 1.57. The summed E-state index contributed by atoms with van der Waals surface area (Å²) in [4.78, 5) is 13.4. The van der Waals surface area contributed by atoms with Crippen LogP contribution in [0.15, 0.2) is 48.7 Å². The maximum absolute atomic E-state index is 13.7. The van der Waals surface area contributed by atoms with Crippen LogP contribution in [0.2, 0.25) is 0 Å².